The summed E-state index contributed by atoms with van der Waals surface area (Å²) in [5, 5.41) is 2.75. The minimum atomic E-state index is -0.430. The quantitative estimate of drug-likeness (QED) is 0.613. The maximum atomic E-state index is 11.4. The van der Waals surface area contributed by atoms with Gasteiger partial charge in [-0.05, 0) is 40.0 Å². The Balaban J connectivity index is 2.00. The van der Waals surface area contributed by atoms with Gasteiger partial charge in [0.25, 0.3) is 0 Å². The van der Waals surface area contributed by atoms with E-state index in [0.717, 1.165) is 13.0 Å². The topological polar surface area (TPSA) is 47.6 Å². The predicted molar refractivity (Wildman–Crippen MR) is 76.3 cm³/mol. The smallest absolute Gasteiger partial charge is 0.407 e. The molecule has 1 fully saturated rings. The summed E-state index contributed by atoms with van der Waals surface area (Å²) in [6.45, 7) is 6.92. The van der Waals surface area contributed by atoms with Crippen LogP contribution in [0.15, 0.2) is 0 Å². The Bertz CT molecular complexity index is 253. The fourth-order valence-electron chi connectivity index (χ4n) is 2.24. The van der Waals surface area contributed by atoms with Crippen molar-refractivity contribution >= 4 is 6.09 Å². The average molecular weight is 271 g/mol. The Morgan fingerprint density at radius 3 is 2.37 bits per heavy atom. The van der Waals surface area contributed by atoms with E-state index in [0.29, 0.717) is 12.6 Å². The van der Waals surface area contributed by atoms with Crippen molar-refractivity contribution in [2.24, 2.45) is 0 Å². The lowest BCUT2D eigenvalue weighted by atomic mass is 10.1. The fraction of sp³-hybridized carbons (Fsp3) is 0.933. The molecular weight excluding hydrogens is 242 g/mol. The first-order chi connectivity index (χ1) is 8.97. The average Bonchev–Trinajstić information content (AvgIpc) is 2.54. The van der Waals surface area contributed by atoms with Crippen molar-refractivity contribution in [1.82, 2.24) is 5.32 Å². The molecule has 19 heavy (non-hydrogen) atoms. The molecule has 0 unspecified atom stereocenters. The summed E-state index contributed by atoms with van der Waals surface area (Å²) < 4.78 is 11.0. The third-order valence-corrected chi connectivity index (χ3v) is 3.15. The van der Waals surface area contributed by atoms with Gasteiger partial charge in [-0.3, -0.25) is 0 Å². The van der Waals surface area contributed by atoms with Gasteiger partial charge in [-0.25, -0.2) is 4.79 Å². The van der Waals surface area contributed by atoms with E-state index >= 15 is 0 Å². The number of hydrogen-bond acceptors (Lipinski definition) is 3. The number of carbonyl (C=O) groups is 1. The van der Waals surface area contributed by atoms with Crippen LogP contribution in [0.5, 0.6) is 0 Å². The van der Waals surface area contributed by atoms with Gasteiger partial charge in [0.2, 0.25) is 0 Å². The Hall–Kier alpha value is -0.770. The molecule has 1 aliphatic rings. The van der Waals surface area contributed by atoms with Gasteiger partial charge < -0.3 is 14.8 Å². The molecule has 0 spiro atoms. The number of hydrogen-bond donors (Lipinski definition) is 1. The molecule has 0 atom stereocenters. The van der Waals surface area contributed by atoms with Gasteiger partial charge >= 0.3 is 6.09 Å². The van der Waals surface area contributed by atoms with E-state index < -0.39 is 5.60 Å². The zero-order valence-corrected chi connectivity index (χ0v) is 12.7. The van der Waals surface area contributed by atoms with E-state index in [1.54, 1.807) is 0 Å². The van der Waals surface area contributed by atoms with E-state index in [2.05, 4.69) is 5.32 Å². The molecule has 0 aromatic heterocycles. The van der Waals surface area contributed by atoms with Crippen LogP contribution in [0.2, 0.25) is 0 Å². The summed E-state index contributed by atoms with van der Waals surface area (Å²) in [4.78, 5) is 11.4. The van der Waals surface area contributed by atoms with Crippen LogP contribution in [0.3, 0.4) is 0 Å². The van der Waals surface area contributed by atoms with Gasteiger partial charge in [0.15, 0.2) is 0 Å². The van der Waals surface area contributed by atoms with Crippen LogP contribution >= 0.6 is 0 Å². The molecule has 0 aliphatic heterocycles. The maximum absolute atomic E-state index is 11.4. The third-order valence-electron chi connectivity index (χ3n) is 3.15. The zero-order valence-electron chi connectivity index (χ0n) is 12.7. The number of ether oxygens (including phenoxy) is 2. The second kappa shape index (κ2) is 8.41. The summed E-state index contributed by atoms with van der Waals surface area (Å²) in [7, 11) is 0. The van der Waals surface area contributed by atoms with Gasteiger partial charge in [0.1, 0.15) is 5.60 Å². The van der Waals surface area contributed by atoms with E-state index in [4.69, 9.17) is 9.47 Å². The van der Waals surface area contributed by atoms with Crippen LogP contribution in [-0.4, -0.2) is 30.9 Å². The van der Waals surface area contributed by atoms with Gasteiger partial charge in [-0.15, -0.1) is 0 Å². The molecule has 4 nitrogen and oxygen atoms in total. The molecule has 1 N–H and O–H groups in total. The van der Waals surface area contributed by atoms with Gasteiger partial charge in [-0.2, -0.15) is 0 Å². The summed E-state index contributed by atoms with van der Waals surface area (Å²) in [5.74, 6) is 0. The van der Waals surface area contributed by atoms with E-state index in [1.165, 1.54) is 38.5 Å². The minimum absolute atomic E-state index is 0.345. The van der Waals surface area contributed by atoms with Crippen LogP contribution in [0.25, 0.3) is 0 Å². The molecule has 0 saturated heterocycles. The highest BCUT2D eigenvalue weighted by Gasteiger charge is 2.15. The summed E-state index contributed by atoms with van der Waals surface area (Å²) >= 11 is 0. The number of alkyl carbamates (subject to hydrolysis) is 1. The monoisotopic (exact) mass is 271 g/mol. The van der Waals surface area contributed by atoms with E-state index in [1.807, 2.05) is 20.8 Å². The van der Waals surface area contributed by atoms with Crippen molar-refractivity contribution in [1.29, 1.82) is 0 Å². The standard InChI is InChI=1S/C15H29NO3/c1-15(2,3)19-14(17)16-11-8-12-18-13-9-6-4-5-7-10-13/h13H,4-12H2,1-3H3,(H,16,17). The van der Waals surface area contributed by atoms with Gasteiger partial charge in [0.05, 0.1) is 6.10 Å². The highest BCUT2D eigenvalue weighted by molar-refractivity contribution is 5.67. The first-order valence-corrected chi connectivity index (χ1v) is 7.56. The molecule has 4 heteroatoms. The van der Waals surface area contributed by atoms with Crippen LogP contribution < -0.4 is 5.32 Å². The van der Waals surface area contributed by atoms with Crippen molar-refractivity contribution in [3.8, 4) is 0 Å². The first kappa shape index (κ1) is 16.3. The fourth-order valence-corrected chi connectivity index (χ4v) is 2.24. The second-order valence-electron chi connectivity index (χ2n) is 6.27. The largest absolute Gasteiger partial charge is 0.444 e. The highest BCUT2D eigenvalue weighted by Crippen LogP contribution is 2.19. The molecule has 1 saturated carbocycles. The van der Waals surface area contributed by atoms with Crippen molar-refractivity contribution in [3.63, 3.8) is 0 Å². The Morgan fingerprint density at radius 1 is 1.16 bits per heavy atom. The van der Waals surface area contributed by atoms with Crippen LogP contribution in [0.4, 0.5) is 4.79 Å². The molecule has 0 radical (unpaired) electrons. The lowest BCUT2D eigenvalue weighted by Crippen LogP contribution is -2.33. The third kappa shape index (κ3) is 8.87. The second-order valence-corrected chi connectivity index (χ2v) is 6.27. The SMILES string of the molecule is CC(C)(C)OC(=O)NCCCOC1CCCCCC1. The minimum Gasteiger partial charge on any atom is -0.444 e. The molecule has 0 aromatic rings. The highest BCUT2D eigenvalue weighted by atomic mass is 16.6. The molecule has 1 amide bonds. The van der Waals surface area contributed by atoms with Crippen molar-refractivity contribution in [2.45, 2.75) is 77.4 Å². The maximum Gasteiger partial charge on any atom is 0.407 e. The Kier molecular flexibility index (Phi) is 7.21. The predicted octanol–water partition coefficient (Wildman–Crippen LogP) is 3.64. The van der Waals surface area contributed by atoms with Gasteiger partial charge in [-0.1, -0.05) is 25.7 Å². The van der Waals surface area contributed by atoms with Crippen molar-refractivity contribution in [2.75, 3.05) is 13.2 Å². The van der Waals surface area contributed by atoms with Crippen LogP contribution in [0, 0.1) is 0 Å². The van der Waals surface area contributed by atoms with Crippen molar-refractivity contribution < 1.29 is 14.3 Å². The molecule has 0 aromatic carbocycles. The summed E-state index contributed by atoms with van der Waals surface area (Å²) in [6.07, 6.45) is 8.60. The molecule has 112 valence electrons. The first-order valence-electron chi connectivity index (χ1n) is 7.56. The normalized spacial score (nSPS) is 17.8. The number of nitrogens with one attached hydrogen (secondary N) is 1. The molecule has 1 rings (SSSR count). The number of carbonyl (C=O) groups excluding carboxylic acids is 1. The summed E-state index contributed by atoms with van der Waals surface area (Å²) in [5.41, 5.74) is -0.430. The number of rotatable bonds is 5. The van der Waals surface area contributed by atoms with Crippen molar-refractivity contribution in [3.05, 3.63) is 0 Å². The number of amides is 1. The lowest BCUT2D eigenvalue weighted by Gasteiger charge is -2.20. The van der Waals surface area contributed by atoms with E-state index in [9.17, 15) is 4.79 Å². The molecule has 1 aliphatic carbocycles. The molecule has 0 bridgehead atoms. The van der Waals surface area contributed by atoms with Crippen LogP contribution in [0.1, 0.15) is 65.7 Å². The van der Waals surface area contributed by atoms with E-state index in [-0.39, 0.29) is 6.09 Å². The van der Waals surface area contributed by atoms with Gasteiger partial charge in [0, 0.05) is 13.2 Å². The summed E-state index contributed by atoms with van der Waals surface area (Å²) in [6, 6.07) is 0. The molecular formula is C15H29NO3. The Labute approximate surface area is 117 Å². The lowest BCUT2D eigenvalue weighted by molar-refractivity contribution is 0.0387. The molecule has 0 heterocycles. The van der Waals surface area contributed by atoms with Crippen LogP contribution in [-0.2, 0) is 9.47 Å². The zero-order chi connectivity index (χ0) is 14.1. The Morgan fingerprint density at radius 2 is 1.79 bits per heavy atom.